The zero-order chi connectivity index (χ0) is 11.0. The lowest BCUT2D eigenvalue weighted by Gasteiger charge is -2.19. The first kappa shape index (κ1) is 10.5. The van der Waals surface area contributed by atoms with Gasteiger partial charge in [-0.05, 0) is 31.7 Å². The molecule has 2 atom stereocenters. The molecule has 0 radical (unpaired) electrons. The van der Waals surface area contributed by atoms with Gasteiger partial charge in [0, 0.05) is 24.2 Å². The van der Waals surface area contributed by atoms with Crippen molar-refractivity contribution in [3.05, 3.63) is 35.4 Å². The molecule has 0 spiro atoms. The standard InChI is InChI=1S/C11H14F2N2/c1-15-6-8(14)5-11(15)9-4-7(12)2-3-10(9)13/h2-4,8,11H,5-6,14H2,1H3. The number of hydrogen-bond acceptors (Lipinski definition) is 2. The van der Waals surface area contributed by atoms with Crippen LogP contribution in [0.15, 0.2) is 18.2 Å². The molecule has 2 rings (SSSR count). The second-order valence-corrected chi connectivity index (χ2v) is 4.12. The SMILES string of the molecule is CN1CC(N)CC1c1cc(F)ccc1F. The Kier molecular flexibility index (Phi) is 2.71. The monoisotopic (exact) mass is 212 g/mol. The van der Waals surface area contributed by atoms with Crippen LogP contribution in [0.1, 0.15) is 18.0 Å². The van der Waals surface area contributed by atoms with Gasteiger partial charge in [0.15, 0.2) is 0 Å². The number of nitrogens with two attached hydrogens (primary N) is 1. The van der Waals surface area contributed by atoms with Crippen LogP contribution in [-0.4, -0.2) is 24.5 Å². The summed E-state index contributed by atoms with van der Waals surface area (Å²) in [6.45, 7) is 0.723. The molecule has 2 nitrogen and oxygen atoms in total. The van der Waals surface area contributed by atoms with Crippen molar-refractivity contribution >= 4 is 0 Å². The first-order chi connectivity index (χ1) is 7.08. The number of nitrogens with zero attached hydrogens (tertiary/aromatic N) is 1. The third-order valence-corrected chi connectivity index (χ3v) is 2.90. The average molecular weight is 212 g/mol. The largest absolute Gasteiger partial charge is 0.326 e. The van der Waals surface area contributed by atoms with Crippen LogP contribution in [0.4, 0.5) is 8.78 Å². The third-order valence-electron chi connectivity index (χ3n) is 2.90. The van der Waals surface area contributed by atoms with Crippen molar-refractivity contribution in [3.63, 3.8) is 0 Å². The van der Waals surface area contributed by atoms with E-state index in [1.807, 2.05) is 11.9 Å². The molecule has 4 heteroatoms. The Morgan fingerprint density at radius 3 is 2.73 bits per heavy atom. The van der Waals surface area contributed by atoms with Crippen LogP contribution >= 0.6 is 0 Å². The topological polar surface area (TPSA) is 29.3 Å². The predicted molar refractivity (Wildman–Crippen MR) is 54.3 cm³/mol. The highest BCUT2D eigenvalue weighted by atomic mass is 19.1. The van der Waals surface area contributed by atoms with Crippen LogP contribution in [0.2, 0.25) is 0 Å². The lowest BCUT2D eigenvalue weighted by molar-refractivity contribution is 0.308. The second-order valence-electron chi connectivity index (χ2n) is 4.12. The lowest BCUT2D eigenvalue weighted by atomic mass is 10.0. The molecule has 0 saturated carbocycles. The van der Waals surface area contributed by atoms with Gasteiger partial charge in [-0.25, -0.2) is 8.78 Å². The van der Waals surface area contributed by atoms with Gasteiger partial charge in [0.2, 0.25) is 0 Å². The summed E-state index contributed by atoms with van der Waals surface area (Å²) in [7, 11) is 1.88. The number of halogens is 2. The zero-order valence-electron chi connectivity index (χ0n) is 8.58. The summed E-state index contributed by atoms with van der Waals surface area (Å²) in [6.07, 6.45) is 0.677. The van der Waals surface area contributed by atoms with Crippen LogP contribution in [0, 0.1) is 11.6 Å². The van der Waals surface area contributed by atoms with E-state index in [1.165, 1.54) is 12.1 Å². The van der Waals surface area contributed by atoms with Crippen LogP contribution in [0.5, 0.6) is 0 Å². The Morgan fingerprint density at radius 1 is 1.40 bits per heavy atom. The van der Waals surface area contributed by atoms with E-state index >= 15 is 0 Å². The highest BCUT2D eigenvalue weighted by Gasteiger charge is 2.30. The number of hydrogen-bond donors (Lipinski definition) is 1. The molecule has 1 fully saturated rings. The smallest absolute Gasteiger partial charge is 0.128 e. The number of benzene rings is 1. The molecular weight excluding hydrogens is 198 g/mol. The van der Waals surface area contributed by atoms with Gasteiger partial charge in [-0.2, -0.15) is 0 Å². The van der Waals surface area contributed by atoms with Gasteiger partial charge in [0.1, 0.15) is 11.6 Å². The summed E-state index contributed by atoms with van der Waals surface area (Å²) in [6, 6.07) is 3.50. The fourth-order valence-electron chi connectivity index (χ4n) is 2.17. The summed E-state index contributed by atoms with van der Waals surface area (Å²) < 4.78 is 26.5. The quantitative estimate of drug-likeness (QED) is 0.767. The highest BCUT2D eigenvalue weighted by molar-refractivity contribution is 5.23. The van der Waals surface area contributed by atoms with Crippen LogP contribution < -0.4 is 5.73 Å². The normalized spacial score (nSPS) is 27.2. The van der Waals surface area contributed by atoms with Gasteiger partial charge >= 0.3 is 0 Å². The van der Waals surface area contributed by atoms with Crippen molar-refractivity contribution in [1.29, 1.82) is 0 Å². The van der Waals surface area contributed by atoms with Gasteiger partial charge in [-0.1, -0.05) is 0 Å². The van der Waals surface area contributed by atoms with Crippen molar-refractivity contribution in [2.45, 2.75) is 18.5 Å². The Labute approximate surface area is 87.7 Å². The summed E-state index contributed by atoms with van der Waals surface area (Å²) in [5.41, 5.74) is 6.19. The molecule has 15 heavy (non-hydrogen) atoms. The number of likely N-dealkylation sites (tertiary alicyclic amines) is 1. The number of rotatable bonds is 1. The minimum atomic E-state index is -0.403. The van der Waals surface area contributed by atoms with E-state index in [2.05, 4.69) is 0 Å². The van der Waals surface area contributed by atoms with Crippen LogP contribution in [0.25, 0.3) is 0 Å². The van der Waals surface area contributed by atoms with Gasteiger partial charge in [-0.3, -0.25) is 4.90 Å². The van der Waals surface area contributed by atoms with E-state index in [9.17, 15) is 8.78 Å². The maximum absolute atomic E-state index is 13.5. The Morgan fingerprint density at radius 2 is 2.13 bits per heavy atom. The van der Waals surface area contributed by atoms with Gasteiger partial charge in [-0.15, -0.1) is 0 Å². The molecule has 1 saturated heterocycles. The molecule has 82 valence electrons. The minimum absolute atomic E-state index is 0.0441. The summed E-state index contributed by atoms with van der Waals surface area (Å²) in [5.74, 6) is -0.761. The van der Waals surface area contributed by atoms with E-state index in [1.54, 1.807) is 0 Å². The number of likely N-dealkylation sites (N-methyl/N-ethyl adjacent to an activating group) is 1. The first-order valence-corrected chi connectivity index (χ1v) is 4.98. The Hall–Kier alpha value is -1.00. The fourth-order valence-corrected chi connectivity index (χ4v) is 2.17. The van der Waals surface area contributed by atoms with Gasteiger partial charge < -0.3 is 5.73 Å². The maximum Gasteiger partial charge on any atom is 0.128 e. The lowest BCUT2D eigenvalue weighted by Crippen LogP contribution is -2.24. The van der Waals surface area contributed by atoms with Crippen molar-refractivity contribution in [2.75, 3.05) is 13.6 Å². The van der Waals surface area contributed by atoms with E-state index < -0.39 is 5.82 Å². The molecule has 0 aromatic heterocycles. The fraction of sp³-hybridized carbons (Fsp3) is 0.455. The zero-order valence-corrected chi connectivity index (χ0v) is 8.58. The highest BCUT2D eigenvalue weighted by Crippen LogP contribution is 2.31. The van der Waals surface area contributed by atoms with Crippen molar-refractivity contribution in [2.24, 2.45) is 5.73 Å². The molecular formula is C11H14F2N2. The van der Waals surface area contributed by atoms with E-state index in [-0.39, 0.29) is 17.9 Å². The Bertz CT molecular complexity index is 368. The molecule has 1 aliphatic heterocycles. The van der Waals surface area contributed by atoms with E-state index in [0.29, 0.717) is 12.0 Å². The molecule has 0 amide bonds. The van der Waals surface area contributed by atoms with Crippen LogP contribution in [-0.2, 0) is 0 Å². The molecule has 0 bridgehead atoms. The van der Waals surface area contributed by atoms with Gasteiger partial charge in [0.25, 0.3) is 0 Å². The van der Waals surface area contributed by atoms with E-state index in [4.69, 9.17) is 5.73 Å². The molecule has 2 unspecified atom stereocenters. The minimum Gasteiger partial charge on any atom is -0.326 e. The predicted octanol–water partition coefficient (Wildman–Crippen LogP) is 1.67. The van der Waals surface area contributed by atoms with Crippen LogP contribution in [0.3, 0.4) is 0 Å². The summed E-state index contributed by atoms with van der Waals surface area (Å²) >= 11 is 0. The maximum atomic E-state index is 13.5. The van der Waals surface area contributed by atoms with Crippen molar-refractivity contribution < 1.29 is 8.78 Å². The average Bonchev–Trinajstić information content (AvgIpc) is 2.50. The summed E-state index contributed by atoms with van der Waals surface area (Å²) in [4.78, 5) is 1.96. The molecule has 1 aromatic rings. The molecule has 0 aliphatic carbocycles. The van der Waals surface area contributed by atoms with Crippen molar-refractivity contribution in [3.8, 4) is 0 Å². The summed E-state index contributed by atoms with van der Waals surface area (Å²) in [5, 5.41) is 0. The van der Waals surface area contributed by atoms with Crippen molar-refractivity contribution in [1.82, 2.24) is 4.90 Å². The van der Waals surface area contributed by atoms with E-state index in [0.717, 1.165) is 12.6 Å². The molecule has 1 aromatic carbocycles. The second kappa shape index (κ2) is 3.87. The molecule has 1 aliphatic rings. The third kappa shape index (κ3) is 2.01. The van der Waals surface area contributed by atoms with Gasteiger partial charge in [0.05, 0.1) is 0 Å². The molecule has 2 N–H and O–H groups in total. The first-order valence-electron chi connectivity index (χ1n) is 4.98. The Balaban J connectivity index is 2.32. The molecule has 1 heterocycles.